The molecule has 5 nitrogen and oxygen atoms in total. The first kappa shape index (κ1) is 10.6. The zero-order valence-corrected chi connectivity index (χ0v) is 7.60. The summed E-state index contributed by atoms with van der Waals surface area (Å²) in [7, 11) is 0. The Morgan fingerprint density at radius 1 is 1.57 bits per heavy atom. The van der Waals surface area contributed by atoms with Crippen LogP contribution in [0.5, 0.6) is 0 Å². The molecule has 0 aromatic carbocycles. The van der Waals surface area contributed by atoms with Crippen LogP contribution in [-0.2, 0) is 9.59 Å². The Labute approximate surface area is 80.5 Å². The van der Waals surface area contributed by atoms with Crippen molar-refractivity contribution in [2.75, 3.05) is 0 Å². The van der Waals surface area contributed by atoms with Crippen LogP contribution in [0.4, 0.5) is 0 Å². The van der Waals surface area contributed by atoms with E-state index < -0.39 is 23.4 Å². The van der Waals surface area contributed by atoms with Gasteiger partial charge in [0, 0.05) is 0 Å². The normalized spacial score (nSPS) is 31.1. The number of hydrogen-bond acceptors (Lipinski definition) is 4. The molecule has 2 unspecified atom stereocenters. The second-order valence-corrected chi connectivity index (χ2v) is 3.18. The molecule has 0 aromatic heterocycles. The van der Waals surface area contributed by atoms with Gasteiger partial charge in [0.05, 0.1) is 5.57 Å². The molecule has 1 rings (SSSR count). The smallest absolute Gasteiger partial charge is 0.334 e. The van der Waals surface area contributed by atoms with Gasteiger partial charge in [-0.3, -0.25) is 4.79 Å². The lowest BCUT2D eigenvalue weighted by Gasteiger charge is -2.31. The number of carbonyl (C=O) groups excluding carboxylic acids is 1. The molecule has 0 saturated heterocycles. The van der Waals surface area contributed by atoms with Crippen molar-refractivity contribution < 1.29 is 19.8 Å². The summed E-state index contributed by atoms with van der Waals surface area (Å²) in [6.45, 7) is 1.21. The van der Waals surface area contributed by atoms with Gasteiger partial charge in [-0.2, -0.15) is 0 Å². The zero-order chi connectivity index (χ0) is 10.9. The van der Waals surface area contributed by atoms with E-state index in [9.17, 15) is 14.7 Å². The molecule has 76 valence electrons. The number of aliphatic hydroxyl groups is 1. The molecule has 14 heavy (non-hydrogen) atoms. The summed E-state index contributed by atoms with van der Waals surface area (Å²) in [5, 5.41) is 18.3. The summed E-state index contributed by atoms with van der Waals surface area (Å²) in [6, 6.07) is 0. The van der Waals surface area contributed by atoms with Gasteiger partial charge in [-0.05, 0) is 13.0 Å². The first-order valence-electron chi connectivity index (χ1n) is 4.00. The maximum atomic E-state index is 11.1. The molecule has 0 radical (unpaired) electrons. The second kappa shape index (κ2) is 3.36. The van der Waals surface area contributed by atoms with Crippen LogP contribution in [0.25, 0.3) is 0 Å². The highest BCUT2D eigenvalue weighted by atomic mass is 16.4. The predicted molar refractivity (Wildman–Crippen MR) is 48.5 cm³/mol. The van der Waals surface area contributed by atoms with Crippen molar-refractivity contribution in [2.24, 2.45) is 5.73 Å². The minimum atomic E-state index is -1.62. The first-order chi connectivity index (χ1) is 6.39. The fourth-order valence-electron chi connectivity index (χ4n) is 1.25. The molecule has 4 N–H and O–H groups in total. The average Bonchev–Trinajstić information content (AvgIpc) is 2.09. The SMILES string of the molecule is CC(=O)C1(N)C=CC=C(C(=O)O)C1O. The van der Waals surface area contributed by atoms with E-state index in [1.807, 2.05) is 0 Å². The van der Waals surface area contributed by atoms with Gasteiger partial charge in [0.15, 0.2) is 5.78 Å². The van der Waals surface area contributed by atoms with Gasteiger partial charge in [0.25, 0.3) is 0 Å². The molecule has 0 saturated carbocycles. The molecule has 0 heterocycles. The van der Waals surface area contributed by atoms with Crippen molar-refractivity contribution in [3.8, 4) is 0 Å². The van der Waals surface area contributed by atoms with Crippen LogP contribution in [0.3, 0.4) is 0 Å². The summed E-state index contributed by atoms with van der Waals surface area (Å²) in [5.74, 6) is -1.76. The third-order valence-electron chi connectivity index (χ3n) is 2.25. The molecule has 0 aliphatic heterocycles. The lowest BCUT2D eigenvalue weighted by molar-refractivity contribution is -0.134. The fraction of sp³-hybridized carbons (Fsp3) is 0.333. The minimum Gasteiger partial charge on any atom is -0.478 e. The molecule has 0 spiro atoms. The molecule has 0 fully saturated rings. The summed E-state index contributed by atoms with van der Waals surface area (Å²) in [4.78, 5) is 21.8. The van der Waals surface area contributed by atoms with Crippen LogP contribution in [0.15, 0.2) is 23.8 Å². The van der Waals surface area contributed by atoms with Gasteiger partial charge in [-0.1, -0.05) is 12.2 Å². The van der Waals surface area contributed by atoms with Crippen LogP contribution in [0.2, 0.25) is 0 Å². The lowest BCUT2D eigenvalue weighted by atomic mass is 9.81. The minimum absolute atomic E-state index is 0.273. The summed E-state index contributed by atoms with van der Waals surface area (Å²) < 4.78 is 0. The molecule has 0 aromatic rings. The molecule has 1 aliphatic carbocycles. The summed E-state index contributed by atoms with van der Waals surface area (Å²) >= 11 is 0. The number of ketones is 1. The number of aliphatic carboxylic acids is 1. The van der Waals surface area contributed by atoms with E-state index in [4.69, 9.17) is 10.8 Å². The molecule has 5 heteroatoms. The van der Waals surface area contributed by atoms with E-state index in [1.165, 1.54) is 25.2 Å². The van der Waals surface area contributed by atoms with Crippen LogP contribution in [-0.4, -0.2) is 33.6 Å². The standard InChI is InChI=1S/C9H11NO4/c1-5(11)9(10)4-2-3-6(7(9)12)8(13)14/h2-4,7,12H,10H2,1H3,(H,13,14). The summed E-state index contributed by atoms with van der Waals surface area (Å²) in [6.07, 6.45) is 2.38. The summed E-state index contributed by atoms with van der Waals surface area (Å²) in [5.41, 5.74) is 3.69. The Balaban J connectivity index is 3.11. The number of carboxylic acids is 1. The predicted octanol–water partition coefficient (Wildman–Crippen LogP) is -0.785. The van der Waals surface area contributed by atoms with Gasteiger partial charge in [-0.15, -0.1) is 0 Å². The second-order valence-electron chi connectivity index (χ2n) is 3.18. The molecule has 1 aliphatic rings. The first-order valence-corrected chi connectivity index (χ1v) is 4.00. The van der Waals surface area contributed by atoms with Crippen molar-refractivity contribution in [3.63, 3.8) is 0 Å². The van der Waals surface area contributed by atoms with E-state index in [2.05, 4.69) is 0 Å². The number of Topliss-reactive ketones (excluding diaryl/α,β-unsaturated/α-hetero) is 1. The number of allylic oxidation sites excluding steroid dienone is 2. The highest BCUT2D eigenvalue weighted by Crippen LogP contribution is 2.22. The molecule has 0 amide bonds. The van der Waals surface area contributed by atoms with Crippen molar-refractivity contribution >= 4 is 11.8 Å². The lowest BCUT2D eigenvalue weighted by Crippen LogP contribution is -2.57. The number of carboxylic acid groups (broad SMARTS) is 1. The van der Waals surface area contributed by atoms with Crippen LogP contribution < -0.4 is 5.73 Å². The number of aliphatic hydroxyl groups excluding tert-OH is 1. The van der Waals surface area contributed by atoms with Crippen LogP contribution in [0.1, 0.15) is 6.92 Å². The third kappa shape index (κ3) is 1.47. The highest BCUT2D eigenvalue weighted by molar-refractivity contribution is 5.96. The van der Waals surface area contributed by atoms with E-state index in [-0.39, 0.29) is 5.57 Å². The Morgan fingerprint density at radius 2 is 2.14 bits per heavy atom. The van der Waals surface area contributed by atoms with Crippen LogP contribution in [0, 0.1) is 0 Å². The number of nitrogens with two attached hydrogens (primary N) is 1. The van der Waals surface area contributed by atoms with Crippen molar-refractivity contribution in [3.05, 3.63) is 23.8 Å². The van der Waals surface area contributed by atoms with Gasteiger partial charge in [0.2, 0.25) is 0 Å². The van der Waals surface area contributed by atoms with Crippen molar-refractivity contribution in [1.29, 1.82) is 0 Å². The quantitative estimate of drug-likeness (QED) is 0.538. The fourth-order valence-corrected chi connectivity index (χ4v) is 1.25. The molecule has 2 atom stereocenters. The number of rotatable bonds is 2. The average molecular weight is 197 g/mol. The Kier molecular flexibility index (Phi) is 2.55. The zero-order valence-electron chi connectivity index (χ0n) is 7.60. The molecular weight excluding hydrogens is 186 g/mol. The van der Waals surface area contributed by atoms with Gasteiger partial charge >= 0.3 is 5.97 Å². The van der Waals surface area contributed by atoms with Crippen LogP contribution >= 0.6 is 0 Å². The largest absolute Gasteiger partial charge is 0.478 e. The maximum absolute atomic E-state index is 11.1. The van der Waals surface area contributed by atoms with Gasteiger partial charge in [0.1, 0.15) is 11.6 Å². The van der Waals surface area contributed by atoms with E-state index in [0.29, 0.717) is 0 Å². The van der Waals surface area contributed by atoms with E-state index in [1.54, 1.807) is 0 Å². The van der Waals surface area contributed by atoms with Gasteiger partial charge < -0.3 is 15.9 Å². The molecule has 0 bridgehead atoms. The van der Waals surface area contributed by atoms with E-state index in [0.717, 1.165) is 0 Å². The highest BCUT2D eigenvalue weighted by Gasteiger charge is 2.41. The number of hydrogen-bond donors (Lipinski definition) is 3. The maximum Gasteiger partial charge on any atom is 0.334 e. The van der Waals surface area contributed by atoms with E-state index >= 15 is 0 Å². The number of carbonyl (C=O) groups is 2. The van der Waals surface area contributed by atoms with Crippen molar-refractivity contribution in [2.45, 2.75) is 18.6 Å². The van der Waals surface area contributed by atoms with Gasteiger partial charge in [-0.25, -0.2) is 4.79 Å². The molecular formula is C9H11NO4. The van der Waals surface area contributed by atoms with Crippen molar-refractivity contribution in [1.82, 2.24) is 0 Å². The monoisotopic (exact) mass is 197 g/mol. The topological polar surface area (TPSA) is 101 Å². The Morgan fingerprint density at radius 3 is 2.57 bits per heavy atom. The Hall–Kier alpha value is -1.46. The Bertz CT molecular complexity index is 345. The third-order valence-corrected chi connectivity index (χ3v) is 2.25.